The summed E-state index contributed by atoms with van der Waals surface area (Å²) in [6.45, 7) is 5.58. The lowest BCUT2D eigenvalue weighted by atomic mass is 9.78. The van der Waals surface area contributed by atoms with Crippen molar-refractivity contribution in [2.75, 3.05) is 0 Å². The summed E-state index contributed by atoms with van der Waals surface area (Å²) in [7, 11) is 0. The molecular weight excluding hydrogens is 417 g/mol. The average molecular weight is 451 g/mol. The fourth-order valence-electron chi connectivity index (χ4n) is 5.30. The van der Waals surface area contributed by atoms with E-state index in [1.165, 1.54) is 50.2 Å². The van der Waals surface area contributed by atoms with Crippen LogP contribution in [0.5, 0.6) is 0 Å². The van der Waals surface area contributed by atoms with Crippen LogP contribution in [0.4, 0.5) is 13.2 Å². The van der Waals surface area contributed by atoms with Crippen molar-refractivity contribution in [2.45, 2.75) is 64.7 Å². The number of hydrogen-bond acceptors (Lipinski definition) is 0. The quantitative estimate of drug-likeness (QED) is 0.300. The molecule has 0 unspecified atom stereocenters. The van der Waals surface area contributed by atoms with E-state index in [1.807, 2.05) is 30.3 Å². The molecule has 0 heterocycles. The number of rotatable bonds is 8. The molecule has 0 bridgehead atoms. The Bertz CT molecular complexity index is 1110. The molecule has 3 heteroatoms. The molecule has 3 aromatic carbocycles. The van der Waals surface area contributed by atoms with Gasteiger partial charge in [-0.25, -0.2) is 13.2 Å². The van der Waals surface area contributed by atoms with Crippen molar-refractivity contribution in [1.82, 2.24) is 0 Å². The monoisotopic (exact) mass is 450 g/mol. The van der Waals surface area contributed by atoms with Crippen LogP contribution >= 0.6 is 0 Å². The standard InChI is InChI=1S/C30H33F3/c1-3-5-6-20-7-9-21(10-8-20)11-12-22-13-15-24(16-14-22)26-18-17-25-19-23(4-2)28(31)30(33)27(25)29(26)32/h3,13-21H,1,4-12H2,2H3. The van der Waals surface area contributed by atoms with Crippen molar-refractivity contribution in [1.29, 1.82) is 0 Å². The molecule has 0 nitrogen and oxygen atoms in total. The Morgan fingerprint density at radius 2 is 1.52 bits per heavy atom. The van der Waals surface area contributed by atoms with Crippen molar-refractivity contribution in [3.63, 3.8) is 0 Å². The minimum absolute atomic E-state index is 0.266. The number of fused-ring (bicyclic) bond motifs is 1. The Balaban J connectivity index is 1.44. The highest BCUT2D eigenvalue weighted by atomic mass is 19.2. The highest BCUT2D eigenvalue weighted by Gasteiger charge is 2.21. The Morgan fingerprint density at radius 1 is 0.848 bits per heavy atom. The maximum Gasteiger partial charge on any atom is 0.169 e. The summed E-state index contributed by atoms with van der Waals surface area (Å²) in [5.41, 5.74) is 2.48. The summed E-state index contributed by atoms with van der Waals surface area (Å²) < 4.78 is 44.1. The van der Waals surface area contributed by atoms with Gasteiger partial charge in [0, 0.05) is 5.56 Å². The SMILES string of the molecule is C=CCCC1CCC(CCc2ccc(-c3ccc4cc(CC)c(F)c(F)c4c3F)cc2)CC1. The van der Waals surface area contributed by atoms with Crippen molar-refractivity contribution in [3.05, 3.63) is 83.7 Å². The first-order valence-corrected chi connectivity index (χ1v) is 12.3. The van der Waals surface area contributed by atoms with Crippen LogP contribution < -0.4 is 0 Å². The molecule has 0 aromatic heterocycles. The van der Waals surface area contributed by atoms with Crippen LogP contribution in [-0.4, -0.2) is 0 Å². The molecule has 1 fully saturated rings. The van der Waals surface area contributed by atoms with Crippen molar-refractivity contribution < 1.29 is 13.2 Å². The zero-order chi connectivity index (χ0) is 23.4. The van der Waals surface area contributed by atoms with E-state index < -0.39 is 17.5 Å². The second-order valence-corrected chi connectivity index (χ2v) is 9.53. The lowest BCUT2D eigenvalue weighted by molar-refractivity contribution is 0.254. The molecule has 0 N–H and O–H groups in total. The molecule has 0 spiro atoms. The van der Waals surface area contributed by atoms with Gasteiger partial charge in [0.25, 0.3) is 0 Å². The van der Waals surface area contributed by atoms with E-state index in [9.17, 15) is 8.78 Å². The van der Waals surface area contributed by atoms with Gasteiger partial charge in [0.1, 0.15) is 5.82 Å². The Morgan fingerprint density at radius 3 is 2.15 bits per heavy atom. The third-order valence-corrected chi connectivity index (χ3v) is 7.43. The van der Waals surface area contributed by atoms with Gasteiger partial charge in [0.15, 0.2) is 11.6 Å². The third kappa shape index (κ3) is 5.18. The molecular formula is C30H33F3. The zero-order valence-corrected chi connectivity index (χ0v) is 19.5. The van der Waals surface area contributed by atoms with Crippen LogP contribution in [-0.2, 0) is 12.8 Å². The summed E-state index contributed by atoms with van der Waals surface area (Å²) in [6, 6.07) is 12.7. The number of benzene rings is 3. The molecule has 1 aliphatic carbocycles. The van der Waals surface area contributed by atoms with E-state index in [0.717, 1.165) is 24.7 Å². The van der Waals surface area contributed by atoms with Crippen molar-refractivity contribution in [3.8, 4) is 11.1 Å². The molecule has 0 amide bonds. The van der Waals surface area contributed by atoms with Crippen LogP contribution in [0.3, 0.4) is 0 Å². The van der Waals surface area contributed by atoms with Crippen molar-refractivity contribution >= 4 is 10.8 Å². The second kappa shape index (κ2) is 10.6. The van der Waals surface area contributed by atoms with E-state index in [-0.39, 0.29) is 10.9 Å². The third-order valence-electron chi connectivity index (χ3n) is 7.43. The van der Waals surface area contributed by atoms with E-state index in [1.54, 1.807) is 19.1 Å². The maximum absolute atomic E-state index is 15.2. The summed E-state index contributed by atoms with van der Waals surface area (Å²) >= 11 is 0. The number of hydrogen-bond donors (Lipinski definition) is 0. The van der Waals surface area contributed by atoms with Gasteiger partial charge in [0.2, 0.25) is 0 Å². The maximum atomic E-state index is 15.2. The van der Waals surface area contributed by atoms with Crippen LogP contribution in [0.25, 0.3) is 21.9 Å². The average Bonchev–Trinajstić information content (AvgIpc) is 2.84. The van der Waals surface area contributed by atoms with Crippen LogP contribution in [0.1, 0.15) is 63.0 Å². The van der Waals surface area contributed by atoms with Gasteiger partial charge in [0.05, 0.1) is 5.39 Å². The molecule has 0 atom stereocenters. The Hall–Kier alpha value is -2.55. The normalized spacial score (nSPS) is 18.5. The fourth-order valence-corrected chi connectivity index (χ4v) is 5.30. The highest BCUT2D eigenvalue weighted by molar-refractivity contribution is 5.89. The molecule has 0 radical (unpaired) electrons. The van der Waals surface area contributed by atoms with Crippen LogP contribution in [0.15, 0.2) is 55.1 Å². The molecule has 0 aliphatic heterocycles. The van der Waals surface area contributed by atoms with Gasteiger partial charge in [-0.2, -0.15) is 0 Å². The molecule has 0 saturated heterocycles. The number of halogens is 3. The molecule has 1 saturated carbocycles. The molecule has 174 valence electrons. The first-order valence-electron chi connectivity index (χ1n) is 12.3. The zero-order valence-electron chi connectivity index (χ0n) is 19.5. The molecule has 3 aromatic rings. The smallest absolute Gasteiger partial charge is 0.169 e. The van der Waals surface area contributed by atoms with Gasteiger partial charge >= 0.3 is 0 Å². The number of allylic oxidation sites excluding steroid dienone is 1. The van der Waals surface area contributed by atoms with E-state index in [0.29, 0.717) is 22.9 Å². The summed E-state index contributed by atoms with van der Waals surface area (Å²) in [5, 5.41) is 0.123. The second-order valence-electron chi connectivity index (χ2n) is 9.53. The first kappa shape index (κ1) is 23.6. The van der Waals surface area contributed by atoms with Gasteiger partial charge in [-0.05, 0) is 72.1 Å². The summed E-state index contributed by atoms with van der Waals surface area (Å²) in [5.74, 6) is -1.10. The summed E-state index contributed by atoms with van der Waals surface area (Å²) in [6.07, 6.45) is 12.3. The topological polar surface area (TPSA) is 0 Å². The lowest BCUT2D eigenvalue weighted by Crippen LogP contribution is -2.15. The van der Waals surface area contributed by atoms with E-state index in [2.05, 4.69) is 6.58 Å². The van der Waals surface area contributed by atoms with Crippen LogP contribution in [0, 0.1) is 29.3 Å². The first-order chi connectivity index (χ1) is 16.0. The fraction of sp³-hybridized carbons (Fsp3) is 0.400. The van der Waals surface area contributed by atoms with Gasteiger partial charge in [-0.3, -0.25) is 0 Å². The van der Waals surface area contributed by atoms with Gasteiger partial charge in [-0.1, -0.05) is 75.1 Å². The molecule has 4 rings (SSSR count). The largest absolute Gasteiger partial charge is 0.206 e. The van der Waals surface area contributed by atoms with Gasteiger partial charge < -0.3 is 0 Å². The van der Waals surface area contributed by atoms with E-state index in [4.69, 9.17) is 0 Å². The van der Waals surface area contributed by atoms with Crippen molar-refractivity contribution in [2.24, 2.45) is 11.8 Å². The van der Waals surface area contributed by atoms with Crippen LogP contribution in [0.2, 0.25) is 0 Å². The Kier molecular flexibility index (Phi) is 7.57. The Labute approximate surface area is 195 Å². The minimum Gasteiger partial charge on any atom is -0.206 e. The highest BCUT2D eigenvalue weighted by Crippen LogP contribution is 2.35. The number of aryl methyl sites for hydroxylation is 2. The molecule has 1 aliphatic rings. The minimum atomic E-state index is -1.10. The predicted octanol–water partition coefficient (Wildman–Crippen LogP) is 9.19. The van der Waals surface area contributed by atoms with Gasteiger partial charge in [-0.15, -0.1) is 6.58 Å². The lowest BCUT2D eigenvalue weighted by Gasteiger charge is -2.28. The van der Waals surface area contributed by atoms with E-state index >= 15 is 4.39 Å². The molecule has 33 heavy (non-hydrogen) atoms. The summed E-state index contributed by atoms with van der Waals surface area (Å²) in [4.78, 5) is 0. The predicted molar refractivity (Wildman–Crippen MR) is 132 cm³/mol.